The second-order valence-electron chi connectivity index (χ2n) is 5.15. The van der Waals surface area contributed by atoms with Crippen LogP contribution in [0.1, 0.15) is 18.4 Å². The van der Waals surface area contributed by atoms with E-state index in [-0.39, 0.29) is 18.1 Å². The molecule has 0 N–H and O–H groups in total. The summed E-state index contributed by atoms with van der Waals surface area (Å²) in [6, 6.07) is 9.15. The van der Waals surface area contributed by atoms with E-state index in [4.69, 9.17) is 10.3 Å². The third-order valence-electron chi connectivity index (χ3n) is 3.95. The molecule has 0 unspecified atom stereocenters. The largest absolute Gasteiger partial charge is 0.375 e. The van der Waals surface area contributed by atoms with Crippen LogP contribution in [0.4, 0.5) is 0 Å². The average molecular weight is 272 g/mol. The maximum absolute atomic E-state index is 12.4. The predicted octanol–water partition coefficient (Wildman–Crippen LogP) is 2.26. The first kappa shape index (κ1) is 13.0. The Morgan fingerprint density at radius 1 is 1.40 bits per heavy atom. The fraction of sp³-hybridized carbons (Fsp3) is 0.500. The number of rotatable bonds is 3. The van der Waals surface area contributed by atoms with Crippen molar-refractivity contribution in [3.05, 3.63) is 46.3 Å². The molecule has 20 heavy (non-hydrogen) atoms. The van der Waals surface area contributed by atoms with Gasteiger partial charge in [-0.25, -0.2) is 0 Å². The van der Waals surface area contributed by atoms with Crippen LogP contribution in [0, 0.1) is 0 Å². The maximum Gasteiger partial charge on any atom is 0.234 e. The van der Waals surface area contributed by atoms with Gasteiger partial charge in [0.05, 0.1) is 12.1 Å². The SMILES string of the molecule is [N-]=[N+]=N[C@H]1C(=O)N(Cc2ccccc2)[C@H]2CCCO[C@@H]12. The molecule has 0 radical (unpaired) electrons. The van der Waals surface area contributed by atoms with E-state index in [1.54, 1.807) is 4.90 Å². The van der Waals surface area contributed by atoms with Crippen LogP contribution in [0.5, 0.6) is 0 Å². The summed E-state index contributed by atoms with van der Waals surface area (Å²) in [5, 5.41) is 3.65. The number of azide groups is 1. The number of carbonyl (C=O) groups excluding carboxylic acids is 1. The molecule has 1 amide bonds. The lowest BCUT2D eigenvalue weighted by atomic mass is 10.0. The molecule has 1 aromatic rings. The predicted molar refractivity (Wildman–Crippen MR) is 72.7 cm³/mol. The Kier molecular flexibility index (Phi) is 3.58. The zero-order valence-corrected chi connectivity index (χ0v) is 11.1. The van der Waals surface area contributed by atoms with Crippen LogP contribution in [0.2, 0.25) is 0 Å². The number of hydrogen-bond acceptors (Lipinski definition) is 3. The molecule has 3 atom stereocenters. The third kappa shape index (κ3) is 2.24. The zero-order chi connectivity index (χ0) is 13.9. The number of amides is 1. The minimum absolute atomic E-state index is 0.0203. The van der Waals surface area contributed by atoms with Crippen molar-refractivity contribution in [2.75, 3.05) is 6.61 Å². The summed E-state index contributed by atoms with van der Waals surface area (Å²) in [5.41, 5.74) is 9.72. The number of fused-ring (bicyclic) bond motifs is 1. The highest BCUT2D eigenvalue weighted by Gasteiger charge is 2.49. The molecule has 6 nitrogen and oxygen atoms in total. The van der Waals surface area contributed by atoms with Crippen LogP contribution in [0.15, 0.2) is 35.4 Å². The highest BCUT2D eigenvalue weighted by molar-refractivity contribution is 5.86. The van der Waals surface area contributed by atoms with Crippen molar-refractivity contribution >= 4 is 5.91 Å². The van der Waals surface area contributed by atoms with Crippen LogP contribution in [-0.2, 0) is 16.1 Å². The Morgan fingerprint density at radius 2 is 2.20 bits per heavy atom. The molecule has 2 saturated heterocycles. The molecule has 0 aliphatic carbocycles. The van der Waals surface area contributed by atoms with E-state index in [1.165, 1.54) is 0 Å². The smallest absolute Gasteiger partial charge is 0.234 e. The van der Waals surface area contributed by atoms with E-state index in [1.807, 2.05) is 30.3 Å². The number of nitrogens with zero attached hydrogens (tertiary/aromatic N) is 4. The van der Waals surface area contributed by atoms with Crippen molar-refractivity contribution in [3.8, 4) is 0 Å². The Balaban J connectivity index is 1.85. The number of benzene rings is 1. The summed E-state index contributed by atoms with van der Waals surface area (Å²) >= 11 is 0. The van der Waals surface area contributed by atoms with Crippen LogP contribution in [-0.4, -0.2) is 35.6 Å². The average Bonchev–Trinajstić information content (AvgIpc) is 2.75. The summed E-state index contributed by atoms with van der Waals surface area (Å²) in [7, 11) is 0. The second kappa shape index (κ2) is 5.53. The van der Waals surface area contributed by atoms with Gasteiger partial charge in [-0.05, 0) is 23.9 Å². The van der Waals surface area contributed by atoms with Gasteiger partial charge in [-0.15, -0.1) is 0 Å². The molecule has 1 aromatic carbocycles. The van der Waals surface area contributed by atoms with Crippen molar-refractivity contribution in [2.24, 2.45) is 5.11 Å². The van der Waals surface area contributed by atoms with Crippen molar-refractivity contribution in [2.45, 2.75) is 37.6 Å². The minimum Gasteiger partial charge on any atom is -0.375 e. The molecule has 0 saturated carbocycles. The standard InChI is InChI=1S/C14H16N4O2/c15-17-16-12-13-11(7-4-8-20-13)18(14(12)19)9-10-5-2-1-3-6-10/h1-3,5-6,11-13H,4,7-9H2/t11-,12+,13+/m0/s1. The van der Waals surface area contributed by atoms with E-state index < -0.39 is 6.04 Å². The Morgan fingerprint density at radius 3 is 2.95 bits per heavy atom. The second-order valence-corrected chi connectivity index (χ2v) is 5.15. The molecular weight excluding hydrogens is 256 g/mol. The summed E-state index contributed by atoms with van der Waals surface area (Å²) in [5.74, 6) is -0.122. The van der Waals surface area contributed by atoms with Gasteiger partial charge >= 0.3 is 0 Å². The summed E-state index contributed by atoms with van der Waals surface area (Å²) < 4.78 is 5.68. The molecule has 6 heteroatoms. The van der Waals surface area contributed by atoms with E-state index in [0.29, 0.717) is 13.2 Å². The van der Waals surface area contributed by atoms with Gasteiger partial charge in [0.2, 0.25) is 5.91 Å². The summed E-state index contributed by atoms with van der Waals surface area (Å²) in [6.45, 7) is 1.17. The van der Waals surface area contributed by atoms with Crippen LogP contribution < -0.4 is 0 Å². The summed E-state index contributed by atoms with van der Waals surface area (Å²) in [4.78, 5) is 17.0. The lowest BCUT2D eigenvalue weighted by Gasteiger charge is -2.31. The normalized spacial score (nSPS) is 28.9. The monoisotopic (exact) mass is 272 g/mol. The Labute approximate surface area is 117 Å². The van der Waals surface area contributed by atoms with Crippen molar-refractivity contribution in [1.29, 1.82) is 0 Å². The van der Waals surface area contributed by atoms with Gasteiger partial charge in [0.25, 0.3) is 0 Å². The van der Waals surface area contributed by atoms with Crippen LogP contribution in [0.3, 0.4) is 0 Å². The van der Waals surface area contributed by atoms with Gasteiger partial charge in [0.15, 0.2) is 0 Å². The van der Waals surface area contributed by atoms with E-state index in [9.17, 15) is 4.79 Å². The van der Waals surface area contributed by atoms with Gasteiger partial charge in [0, 0.05) is 18.1 Å². The molecule has 2 aliphatic heterocycles. The minimum atomic E-state index is -0.714. The molecule has 0 spiro atoms. The van der Waals surface area contributed by atoms with E-state index in [2.05, 4.69) is 10.0 Å². The number of likely N-dealkylation sites (tertiary alicyclic amines) is 1. The molecule has 0 bridgehead atoms. The lowest BCUT2D eigenvalue weighted by Crippen LogP contribution is -2.41. The Bertz CT molecular complexity index is 541. The Hall–Kier alpha value is -2.04. The van der Waals surface area contributed by atoms with Gasteiger partial charge in [0.1, 0.15) is 6.04 Å². The van der Waals surface area contributed by atoms with Crippen molar-refractivity contribution < 1.29 is 9.53 Å². The van der Waals surface area contributed by atoms with Gasteiger partial charge in [-0.2, -0.15) is 0 Å². The van der Waals surface area contributed by atoms with Crippen molar-refractivity contribution in [3.63, 3.8) is 0 Å². The van der Waals surface area contributed by atoms with Crippen molar-refractivity contribution in [1.82, 2.24) is 4.90 Å². The van der Waals surface area contributed by atoms with Crippen LogP contribution >= 0.6 is 0 Å². The highest BCUT2D eigenvalue weighted by atomic mass is 16.5. The van der Waals surface area contributed by atoms with Gasteiger partial charge < -0.3 is 9.64 Å². The number of hydrogen-bond donors (Lipinski definition) is 0. The maximum atomic E-state index is 12.4. The van der Waals surface area contributed by atoms with E-state index >= 15 is 0 Å². The lowest BCUT2D eigenvalue weighted by molar-refractivity contribution is -0.130. The first-order valence-electron chi connectivity index (χ1n) is 6.81. The fourth-order valence-corrected chi connectivity index (χ4v) is 3.04. The quantitative estimate of drug-likeness (QED) is 0.480. The molecule has 2 heterocycles. The molecule has 104 valence electrons. The van der Waals surface area contributed by atoms with Gasteiger partial charge in [-0.1, -0.05) is 35.4 Å². The molecule has 2 aliphatic rings. The molecule has 2 fully saturated rings. The molecule has 3 rings (SSSR count). The number of carbonyl (C=O) groups is 1. The fourth-order valence-electron chi connectivity index (χ4n) is 3.04. The zero-order valence-electron chi connectivity index (χ0n) is 11.1. The van der Waals surface area contributed by atoms with Gasteiger partial charge in [-0.3, -0.25) is 4.79 Å². The molecular formula is C14H16N4O2. The topological polar surface area (TPSA) is 78.3 Å². The first-order chi connectivity index (χ1) is 9.81. The first-order valence-corrected chi connectivity index (χ1v) is 6.81. The van der Waals surface area contributed by atoms with Crippen LogP contribution in [0.25, 0.3) is 10.4 Å². The highest BCUT2D eigenvalue weighted by Crippen LogP contribution is 2.32. The third-order valence-corrected chi connectivity index (χ3v) is 3.95. The number of ether oxygens (including phenoxy) is 1. The van der Waals surface area contributed by atoms with E-state index in [0.717, 1.165) is 18.4 Å². The summed E-state index contributed by atoms with van der Waals surface area (Å²) in [6.07, 6.45) is 1.54. The molecule has 0 aromatic heterocycles.